The Morgan fingerprint density at radius 3 is 1.94 bits per heavy atom. The van der Waals surface area contributed by atoms with Crippen LogP contribution in [0.2, 0.25) is 0 Å². The predicted molar refractivity (Wildman–Crippen MR) is 67.5 cm³/mol. The van der Waals surface area contributed by atoms with Crippen molar-refractivity contribution in [3.63, 3.8) is 0 Å². The average Bonchev–Trinajstić information content (AvgIpc) is 2.31. The van der Waals surface area contributed by atoms with E-state index in [1.807, 2.05) is 6.07 Å². The molecule has 0 aromatic carbocycles. The van der Waals surface area contributed by atoms with Gasteiger partial charge in [0.25, 0.3) is 0 Å². The normalized spacial score (nSPS) is 10.0. The number of hydrogen-bond acceptors (Lipinski definition) is 2. The maximum atomic E-state index is 8.50. The van der Waals surface area contributed by atoms with Gasteiger partial charge >= 0.3 is 0 Å². The van der Waals surface area contributed by atoms with Gasteiger partial charge in [-0.2, -0.15) is 5.26 Å². The quantitative estimate of drug-likeness (QED) is 0.384. The summed E-state index contributed by atoms with van der Waals surface area (Å²) in [5, 5.41) is 8.50. The Kier molecular flexibility index (Phi) is 6.07. The topological polar surface area (TPSA) is 33.0 Å². The fourth-order valence-electron chi connectivity index (χ4n) is 0.714. The first-order valence-corrected chi connectivity index (χ1v) is 4.57. The first kappa shape index (κ1) is 13.7. The predicted octanol–water partition coefficient (Wildman–Crippen LogP) is 3.45. The van der Waals surface area contributed by atoms with Crippen molar-refractivity contribution in [2.75, 3.05) is 7.11 Å². The van der Waals surface area contributed by atoms with Crippen LogP contribution in [0.15, 0.2) is 73.1 Å². The molecule has 0 saturated carbocycles. The van der Waals surface area contributed by atoms with Crippen molar-refractivity contribution in [1.29, 1.82) is 5.26 Å². The van der Waals surface area contributed by atoms with Gasteiger partial charge in [-0.05, 0) is 23.3 Å². The van der Waals surface area contributed by atoms with Crippen LogP contribution in [0.1, 0.15) is 0 Å². The molecule has 0 aliphatic heterocycles. The summed E-state index contributed by atoms with van der Waals surface area (Å²) in [4.78, 5) is 0. The van der Waals surface area contributed by atoms with E-state index in [9.17, 15) is 0 Å². The van der Waals surface area contributed by atoms with E-state index in [0.29, 0.717) is 16.9 Å². The number of hydrogen-bond donors (Lipinski definition) is 0. The highest BCUT2D eigenvalue weighted by Crippen LogP contribution is 2.10. The maximum absolute atomic E-state index is 8.50. The smallest absolute Gasteiger partial charge is 0.111 e. The molecule has 0 heterocycles. The van der Waals surface area contributed by atoms with E-state index in [4.69, 9.17) is 10.00 Å². The maximum Gasteiger partial charge on any atom is 0.111 e. The van der Waals surface area contributed by atoms with E-state index in [1.165, 1.54) is 0 Å². The number of allylic oxidation sites excluding steroid dienone is 7. The van der Waals surface area contributed by atoms with Crippen LogP contribution in [0.4, 0.5) is 0 Å². The molecule has 0 spiro atoms. The Hall–Kier alpha value is -2.27. The third-order valence-electron chi connectivity index (χ3n) is 1.77. The minimum absolute atomic E-state index is 0.374. The summed E-state index contributed by atoms with van der Waals surface area (Å²) in [6, 6.07) is 1.91. The summed E-state index contributed by atoms with van der Waals surface area (Å²) in [7, 11) is 1.54. The largest absolute Gasteiger partial charge is 0.497 e. The van der Waals surface area contributed by atoms with Gasteiger partial charge in [0, 0.05) is 5.57 Å². The van der Waals surface area contributed by atoms with Crippen molar-refractivity contribution < 1.29 is 4.74 Å². The molecule has 2 nitrogen and oxygen atoms in total. The molecule has 0 aromatic heterocycles. The van der Waals surface area contributed by atoms with Crippen molar-refractivity contribution in [1.82, 2.24) is 0 Å². The van der Waals surface area contributed by atoms with Gasteiger partial charge in [0.2, 0.25) is 0 Å². The zero-order chi connectivity index (χ0) is 12.6. The van der Waals surface area contributed by atoms with Gasteiger partial charge < -0.3 is 4.74 Å². The Morgan fingerprint density at radius 2 is 1.50 bits per heavy atom. The van der Waals surface area contributed by atoms with Crippen LogP contribution in [-0.4, -0.2) is 7.11 Å². The van der Waals surface area contributed by atoms with Gasteiger partial charge in [0.1, 0.15) is 5.76 Å². The summed E-state index contributed by atoms with van der Waals surface area (Å²) in [5.74, 6) is 0.541. The number of ether oxygens (including phenoxy) is 1. The molecule has 0 N–H and O–H groups in total. The first-order chi connectivity index (χ1) is 7.51. The second kappa shape index (κ2) is 7.08. The second-order valence-corrected chi connectivity index (χ2v) is 3.02. The summed E-state index contributed by atoms with van der Waals surface area (Å²) >= 11 is 0. The Morgan fingerprint density at radius 1 is 1.00 bits per heavy atom. The van der Waals surface area contributed by atoms with Gasteiger partial charge in [-0.1, -0.05) is 38.5 Å². The SMILES string of the molecule is C=C(C#N)/C=C\C(=C)C(=C)/C=C\C(=C)OC. The van der Waals surface area contributed by atoms with Gasteiger partial charge in [0.15, 0.2) is 0 Å². The Balaban J connectivity index is 4.43. The van der Waals surface area contributed by atoms with Crippen LogP contribution < -0.4 is 0 Å². The van der Waals surface area contributed by atoms with Gasteiger partial charge in [-0.15, -0.1) is 0 Å². The molecule has 0 aliphatic carbocycles. The third-order valence-corrected chi connectivity index (χ3v) is 1.77. The molecular weight excluding hydrogens is 198 g/mol. The minimum Gasteiger partial charge on any atom is -0.497 e. The van der Waals surface area contributed by atoms with Gasteiger partial charge in [-0.3, -0.25) is 0 Å². The van der Waals surface area contributed by atoms with Crippen LogP contribution in [-0.2, 0) is 4.74 Å². The fraction of sp³-hybridized carbons (Fsp3) is 0.0714. The number of nitrogens with zero attached hydrogens (tertiary/aromatic N) is 1. The van der Waals surface area contributed by atoms with E-state index < -0.39 is 0 Å². The summed E-state index contributed by atoms with van der Waals surface area (Å²) < 4.78 is 4.87. The average molecular weight is 213 g/mol. The van der Waals surface area contributed by atoms with Crippen molar-refractivity contribution in [3.05, 3.63) is 73.1 Å². The first-order valence-electron chi connectivity index (χ1n) is 4.57. The van der Waals surface area contributed by atoms with E-state index in [2.05, 4.69) is 26.3 Å². The molecule has 0 aliphatic rings. The molecule has 0 atom stereocenters. The standard InChI is InChI=1S/C14H15NO/c1-11(10-15)6-7-12(2)13(3)8-9-14(4)16-5/h6-9H,1-4H2,5H3/b7-6-,9-8-. The van der Waals surface area contributed by atoms with Crippen molar-refractivity contribution in [2.45, 2.75) is 0 Å². The Bertz CT molecular complexity index is 417. The van der Waals surface area contributed by atoms with Crippen molar-refractivity contribution in [2.24, 2.45) is 0 Å². The molecule has 0 bridgehead atoms. The highest BCUT2D eigenvalue weighted by atomic mass is 16.5. The van der Waals surface area contributed by atoms with Gasteiger partial charge in [0.05, 0.1) is 13.2 Å². The lowest BCUT2D eigenvalue weighted by Gasteiger charge is -1.99. The lowest BCUT2D eigenvalue weighted by Crippen LogP contribution is -1.81. The number of nitriles is 1. The number of rotatable bonds is 6. The zero-order valence-electron chi connectivity index (χ0n) is 9.49. The fourth-order valence-corrected chi connectivity index (χ4v) is 0.714. The lowest BCUT2D eigenvalue weighted by atomic mass is 10.1. The van der Waals surface area contributed by atoms with E-state index >= 15 is 0 Å². The van der Waals surface area contributed by atoms with E-state index in [1.54, 1.807) is 31.4 Å². The summed E-state index contributed by atoms with van der Waals surface area (Å²) in [6.45, 7) is 14.8. The second-order valence-electron chi connectivity index (χ2n) is 3.02. The minimum atomic E-state index is 0.374. The zero-order valence-corrected chi connectivity index (χ0v) is 9.49. The van der Waals surface area contributed by atoms with Crippen molar-refractivity contribution in [3.8, 4) is 6.07 Å². The summed E-state index contributed by atoms with van der Waals surface area (Å²) in [5.41, 5.74) is 1.80. The molecular formula is C14H15NO. The van der Waals surface area contributed by atoms with Crippen LogP contribution in [0.25, 0.3) is 0 Å². The molecule has 0 unspecified atom stereocenters. The van der Waals surface area contributed by atoms with Crippen LogP contribution in [0.3, 0.4) is 0 Å². The van der Waals surface area contributed by atoms with Crippen LogP contribution in [0, 0.1) is 11.3 Å². The van der Waals surface area contributed by atoms with Crippen LogP contribution >= 0.6 is 0 Å². The molecule has 0 rings (SSSR count). The Labute approximate surface area is 96.9 Å². The highest BCUT2D eigenvalue weighted by Gasteiger charge is 1.92. The van der Waals surface area contributed by atoms with Crippen LogP contribution in [0.5, 0.6) is 0 Å². The molecule has 0 amide bonds. The van der Waals surface area contributed by atoms with Gasteiger partial charge in [-0.25, -0.2) is 0 Å². The summed E-state index contributed by atoms with van der Waals surface area (Å²) in [6.07, 6.45) is 6.72. The molecule has 0 saturated heterocycles. The molecule has 16 heavy (non-hydrogen) atoms. The third kappa shape index (κ3) is 5.46. The molecule has 0 aromatic rings. The monoisotopic (exact) mass is 213 g/mol. The number of methoxy groups -OCH3 is 1. The highest BCUT2D eigenvalue weighted by molar-refractivity contribution is 5.46. The molecule has 0 radical (unpaired) electrons. The van der Waals surface area contributed by atoms with Crippen molar-refractivity contribution >= 4 is 0 Å². The lowest BCUT2D eigenvalue weighted by molar-refractivity contribution is 0.309. The molecule has 0 fully saturated rings. The molecule has 82 valence electrons. The van der Waals surface area contributed by atoms with E-state index in [-0.39, 0.29) is 0 Å². The molecule has 2 heteroatoms. The van der Waals surface area contributed by atoms with E-state index in [0.717, 1.165) is 5.57 Å².